The summed E-state index contributed by atoms with van der Waals surface area (Å²) < 4.78 is 5.56. The Morgan fingerprint density at radius 1 is 1.35 bits per heavy atom. The van der Waals surface area contributed by atoms with Gasteiger partial charge in [0.2, 0.25) is 5.88 Å². The van der Waals surface area contributed by atoms with E-state index in [1.165, 1.54) is 6.33 Å². The Morgan fingerprint density at radius 3 is 2.75 bits per heavy atom. The highest BCUT2D eigenvalue weighted by Gasteiger charge is 2.16. The van der Waals surface area contributed by atoms with Crippen LogP contribution in [0, 0.1) is 0 Å². The Labute approximate surface area is 122 Å². The molecule has 0 aromatic carbocycles. The highest BCUT2D eigenvalue weighted by Crippen LogP contribution is 2.30. The van der Waals surface area contributed by atoms with Gasteiger partial charge in [0.1, 0.15) is 17.0 Å². The van der Waals surface area contributed by atoms with Gasteiger partial charge in [-0.05, 0) is 20.3 Å². The first-order chi connectivity index (χ1) is 9.61. The molecular weight excluding hydrogens is 274 g/mol. The van der Waals surface area contributed by atoms with Crippen LogP contribution in [0.2, 0.25) is 0 Å². The highest BCUT2D eigenvalue weighted by molar-refractivity contribution is 7.09. The van der Waals surface area contributed by atoms with Gasteiger partial charge in [-0.2, -0.15) is 4.98 Å². The summed E-state index contributed by atoms with van der Waals surface area (Å²) in [5, 5.41) is 6.27. The fraction of sp³-hybridized carbons (Fsp3) is 0.462. The molecule has 0 amide bonds. The number of nitrogens with zero attached hydrogens (tertiary/aromatic N) is 3. The molecule has 0 aliphatic heterocycles. The standard InChI is InChI=1S/C13H19N5OS/c1-4-9(13-15-5-6-20-13)18-11-10(14)12(17-7-16-11)19-8(2)3/h5-9H,4,14H2,1-3H3,(H,16,17,18). The van der Waals surface area contributed by atoms with Crippen molar-refractivity contribution in [3.05, 3.63) is 22.9 Å². The zero-order chi connectivity index (χ0) is 14.5. The Hall–Kier alpha value is -1.89. The number of nitrogens with one attached hydrogen (secondary N) is 1. The molecule has 20 heavy (non-hydrogen) atoms. The van der Waals surface area contributed by atoms with Crippen molar-refractivity contribution in [3.8, 4) is 5.88 Å². The number of ether oxygens (including phenoxy) is 1. The van der Waals surface area contributed by atoms with E-state index in [2.05, 4.69) is 27.2 Å². The van der Waals surface area contributed by atoms with Crippen molar-refractivity contribution in [2.24, 2.45) is 0 Å². The summed E-state index contributed by atoms with van der Waals surface area (Å²) in [6.07, 6.45) is 4.14. The number of hydrogen-bond donors (Lipinski definition) is 2. The van der Waals surface area contributed by atoms with Gasteiger partial charge in [-0.15, -0.1) is 11.3 Å². The zero-order valence-electron chi connectivity index (χ0n) is 11.8. The Balaban J connectivity index is 2.20. The van der Waals surface area contributed by atoms with Crippen LogP contribution in [0.5, 0.6) is 5.88 Å². The van der Waals surface area contributed by atoms with Gasteiger partial charge in [0, 0.05) is 11.6 Å². The van der Waals surface area contributed by atoms with Crippen molar-refractivity contribution < 1.29 is 4.74 Å². The smallest absolute Gasteiger partial charge is 0.242 e. The predicted molar refractivity (Wildman–Crippen MR) is 81.0 cm³/mol. The normalized spacial score (nSPS) is 12.4. The molecule has 0 bridgehead atoms. The molecule has 0 spiro atoms. The monoisotopic (exact) mass is 293 g/mol. The summed E-state index contributed by atoms with van der Waals surface area (Å²) in [6.45, 7) is 5.94. The summed E-state index contributed by atoms with van der Waals surface area (Å²) in [4.78, 5) is 12.6. The summed E-state index contributed by atoms with van der Waals surface area (Å²) >= 11 is 1.61. The first-order valence-electron chi connectivity index (χ1n) is 6.54. The third kappa shape index (κ3) is 3.36. The summed E-state index contributed by atoms with van der Waals surface area (Å²) in [5.74, 6) is 0.990. The van der Waals surface area contributed by atoms with Crippen LogP contribution in [0.15, 0.2) is 17.9 Å². The second-order valence-corrected chi connectivity index (χ2v) is 5.51. The molecule has 3 N–H and O–H groups in total. The van der Waals surface area contributed by atoms with Crippen molar-refractivity contribution in [1.82, 2.24) is 15.0 Å². The zero-order valence-corrected chi connectivity index (χ0v) is 12.6. The molecule has 108 valence electrons. The molecule has 2 aromatic rings. The van der Waals surface area contributed by atoms with Gasteiger partial charge in [-0.25, -0.2) is 9.97 Å². The number of thiazole rings is 1. The molecule has 0 aliphatic rings. The maximum Gasteiger partial charge on any atom is 0.242 e. The fourth-order valence-corrected chi connectivity index (χ4v) is 2.49. The van der Waals surface area contributed by atoms with E-state index >= 15 is 0 Å². The first-order valence-corrected chi connectivity index (χ1v) is 7.42. The number of rotatable bonds is 6. The van der Waals surface area contributed by atoms with Crippen molar-refractivity contribution >= 4 is 22.8 Å². The minimum Gasteiger partial charge on any atom is -0.473 e. The van der Waals surface area contributed by atoms with E-state index in [0.717, 1.165) is 11.4 Å². The van der Waals surface area contributed by atoms with E-state index in [-0.39, 0.29) is 12.1 Å². The van der Waals surface area contributed by atoms with Crippen molar-refractivity contribution in [3.63, 3.8) is 0 Å². The lowest BCUT2D eigenvalue weighted by Crippen LogP contribution is -2.15. The predicted octanol–water partition coefficient (Wildman–Crippen LogP) is 2.87. The Bertz CT molecular complexity index is 544. The number of nitrogen functional groups attached to an aromatic ring is 1. The molecular formula is C13H19N5OS. The molecule has 6 nitrogen and oxygen atoms in total. The molecule has 0 saturated heterocycles. The van der Waals surface area contributed by atoms with Gasteiger partial charge in [0.15, 0.2) is 5.82 Å². The van der Waals surface area contributed by atoms with Crippen LogP contribution >= 0.6 is 11.3 Å². The van der Waals surface area contributed by atoms with Crippen molar-refractivity contribution in [2.45, 2.75) is 39.3 Å². The van der Waals surface area contributed by atoms with E-state index < -0.39 is 0 Å². The van der Waals surface area contributed by atoms with E-state index in [0.29, 0.717) is 17.4 Å². The topological polar surface area (TPSA) is 86.0 Å². The third-order valence-electron chi connectivity index (χ3n) is 2.66. The second kappa shape index (κ2) is 6.51. The largest absolute Gasteiger partial charge is 0.473 e. The lowest BCUT2D eigenvalue weighted by molar-refractivity contribution is 0.234. The van der Waals surface area contributed by atoms with E-state index in [4.69, 9.17) is 10.5 Å². The van der Waals surface area contributed by atoms with Crippen LogP contribution in [0.4, 0.5) is 11.5 Å². The third-order valence-corrected chi connectivity index (χ3v) is 3.55. The molecule has 1 atom stereocenters. The van der Waals surface area contributed by atoms with Crippen LogP contribution in [-0.4, -0.2) is 21.1 Å². The number of nitrogens with two attached hydrogens (primary N) is 1. The van der Waals surface area contributed by atoms with Gasteiger partial charge in [0.25, 0.3) is 0 Å². The van der Waals surface area contributed by atoms with Gasteiger partial charge < -0.3 is 15.8 Å². The SMILES string of the molecule is CCC(Nc1ncnc(OC(C)C)c1N)c1nccs1. The molecule has 1 unspecified atom stereocenters. The summed E-state index contributed by atoms with van der Waals surface area (Å²) in [6, 6.07) is 0.0825. The Kier molecular flexibility index (Phi) is 4.73. The molecule has 2 aromatic heterocycles. The van der Waals surface area contributed by atoms with Crippen LogP contribution in [0.1, 0.15) is 38.2 Å². The number of hydrogen-bond acceptors (Lipinski definition) is 7. The maximum atomic E-state index is 6.06. The maximum absolute atomic E-state index is 6.06. The molecule has 7 heteroatoms. The molecule has 2 heterocycles. The van der Waals surface area contributed by atoms with E-state index in [1.807, 2.05) is 19.2 Å². The van der Waals surface area contributed by atoms with Crippen LogP contribution in [0.3, 0.4) is 0 Å². The molecule has 0 radical (unpaired) electrons. The summed E-state index contributed by atoms with van der Waals surface area (Å²) in [5.41, 5.74) is 6.49. The average Bonchev–Trinajstić information content (AvgIpc) is 2.93. The van der Waals surface area contributed by atoms with Gasteiger partial charge in [-0.3, -0.25) is 0 Å². The summed E-state index contributed by atoms with van der Waals surface area (Å²) in [7, 11) is 0. The van der Waals surface area contributed by atoms with Crippen molar-refractivity contribution in [1.29, 1.82) is 0 Å². The van der Waals surface area contributed by atoms with Gasteiger partial charge >= 0.3 is 0 Å². The minimum atomic E-state index is 0.0148. The van der Waals surface area contributed by atoms with Gasteiger partial charge in [0.05, 0.1) is 12.1 Å². The quantitative estimate of drug-likeness (QED) is 0.851. The van der Waals surface area contributed by atoms with E-state index in [1.54, 1.807) is 17.5 Å². The number of aromatic nitrogens is 3. The molecule has 0 aliphatic carbocycles. The number of anilines is 2. The van der Waals surface area contributed by atoms with Crippen LogP contribution in [-0.2, 0) is 0 Å². The second-order valence-electron chi connectivity index (χ2n) is 4.58. The molecule has 2 rings (SSSR count). The van der Waals surface area contributed by atoms with E-state index in [9.17, 15) is 0 Å². The average molecular weight is 293 g/mol. The van der Waals surface area contributed by atoms with Crippen molar-refractivity contribution in [2.75, 3.05) is 11.1 Å². The molecule has 0 fully saturated rings. The first kappa shape index (κ1) is 14.5. The lowest BCUT2D eigenvalue weighted by atomic mass is 10.2. The van der Waals surface area contributed by atoms with Crippen LogP contribution in [0.25, 0.3) is 0 Å². The highest BCUT2D eigenvalue weighted by atomic mass is 32.1. The van der Waals surface area contributed by atoms with Gasteiger partial charge in [-0.1, -0.05) is 6.92 Å². The molecule has 0 saturated carbocycles. The Morgan fingerprint density at radius 2 is 2.15 bits per heavy atom. The minimum absolute atomic E-state index is 0.0148. The lowest BCUT2D eigenvalue weighted by Gasteiger charge is -2.18. The fourth-order valence-electron chi connectivity index (χ4n) is 1.72. The van der Waals surface area contributed by atoms with Crippen LogP contribution < -0.4 is 15.8 Å².